The summed E-state index contributed by atoms with van der Waals surface area (Å²) >= 11 is 0. The molecule has 1 heterocycles. The second kappa shape index (κ2) is 5.35. The van der Waals surface area contributed by atoms with Gasteiger partial charge >= 0.3 is 5.97 Å². The number of hydrogen-bond donors (Lipinski definition) is 1. The van der Waals surface area contributed by atoms with Gasteiger partial charge in [0.15, 0.2) is 0 Å². The summed E-state index contributed by atoms with van der Waals surface area (Å²) in [4.78, 5) is 18.9. The molecule has 1 atom stereocenters. The van der Waals surface area contributed by atoms with E-state index in [2.05, 4.69) is 9.97 Å². The van der Waals surface area contributed by atoms with Gasteiger partial charge in [-0.2, -0.15) is 0 Å². The van der Waals surface area contributed by atoms with Crippen molar-refractivity contribution in [2.45, 2.75) is 12.3 Å². The molecule has 1 aromatic carbocycles. The third-order valence-corrected chi connectivity index (χ3v) is 2.61. The minimum atomic E-state index is -0.960. The van der Waals surface area contributed by atoms with Crippen molar-refractivity contribution in [3.05, 3.63) is 59.9 Å². The van der Waals surface area contributed by atoms with Crippen LogP contribution < -0.4 is 0 Å². The van der Waals surface area contributed by atoms with Crippen LogP contribution >= 0.6 is 0 Å². The van der Waals surface area contributed by atoms with E-state index >= 15 is 0 Å². The first-order valence-corrected chi connectivity index (χ1v) is 5.40. The van der Waals surface area contributed by atoms with Gasteiger partial charge in [0, 0.05) is 6.20 Å². The second-order valence-corrected chi connectivity index (χ2v) is 3.86. The van der Waals surface area contributed by atoms with Crippen LogP contribution in [0.4, 0.5) is 4.39 Å². The van der Waals surface area contributed by atoms with Crippen molar-refractivity contribution in [2.24, 2.45) is 0 Å². The summed E-state index contributed by atoms with van der Waals surface area (Å²) in [6, 6.07) is 7.35. The van der Waals surface area contributed by atoms with Gasteiger partial charge in [-0.3, -0.25) is 4.79 Å². The minimum absolute atomic E-state index is 0.270. The molecule has 18 heavy (non-hydrogen) atoms. The molecular weight excluding hydrogens is 235 g/mol. The van der Waals surface area contributed by atoms with E-state index in [0.29, 0.717) is 5.69 Å². The van der Waals surface area contributed by atoms with Gasteiger partial charge in [-0.1, -0.05) is 12.1 Å². The Morgan fingerprint density at radius 3 is 2.56 bits per heavy atom. The molecule has 1 N–H and O–H groups in total. The summed E-state index contributed by atoms with van der Waals surface area (Å²) in [6.45, 7) is 0. The Hall–Kier alpha value is -2.30. The maximum atomic E-state index is 12.8. The minimum Gasteiger partial charge on any atom is -0.481 e. The number of carboxylic acids is 1. The van der Waals surface area contributed by atoms with Gasteiger partial charge < -0.3 is 5.11 Å². The SMILES string of the molecule is O=C(O)C(Cc1ccc(F)cc1)c1ccncn1. The van der Waals surface area contributed by atoms with E-state index < -0.39 is 11.9 Å². The summed E-state index contributed by atoms with van der Waals surface area (Å²) in [5, 5.41) is 9.21. The van der Waals surface area contributed by atoms with Crippen LogP contribution in [0.3, 0.4) is 0 Å². The fourth-order valence-electron chi connectivity index (χ4n) is 1.68. The molecule has 0 spiro atoms. The first-order valence-electron chi connectivity index (χ1n) is 5.40. The lowest BCUT2D eigenvalue weighted by molar-refractivity contribution is -0.138. The summed E-state index contributed by atoms with van der Waals surface area (Å²) in [5.74, 6) is -2.05. The Balaban J connectivity index is 2.22. The van der Waals surface area contributed by atoms with E-state index in [1.54, 1.807) is 18.2 Å². The van der Waals surface area contributed by atoms with E-state index in [4.69, 9.17) is 0 Å². The monoisotopic (exact) mass is 246 g/mol. The highest BCUT2D eigenvalue weighted by atomic mass is 19.1. The van der Waals surface area contributed by atoms with Crippen LogP contribution in [0, 0.1) is 5.82 Å². The number of aromatic nitrogens is 2. The molecule has 2 rings (SSSR count). The van der Waals surface area contributed by atoms with Crippen molar-refractivity contribution in [3.63, 3.8) is 0 Å². The average Bonchev–Trinajstić information content (AvgIpc) is 2.38. The number of rotatable bonds is 4. The summed E-state index contributed by atoms with van der Waals surface area (Å²) < 4.78 is 12.8. The van der Waals surface area contributed by atoms with Crippen LogP contribution in [0.5, 0.6) is 0 Å². The summed E-state index contributed by atoms with van der Waals surface area (Å²) in [5.41, 5.74) is 1.20. The molecule has 0 saturated carbocycles. The van der Waals surface area contributed by atoms with Gasteiger partial charge in [0.05, 0.1) is 5.69 Å². The highest BCUT2D eigenvalue weighted by Crippen LogP contribution is 2.19. The Morgan fingerprint density at radius 2 is 2.00 bits per heavy atom. The van der Waals surface area contributed by atoms with E-state index in [1.165, 1.54) is 24.7 Å². The Labute approximate surface area is 103 Å². The Kier molecular flexibility index (Phi) is 3.62. The zero-order chi connectivity index (χ0) is 13.0. The quantitative estimate of drug-likeness (QED) is 0.896. The maximum absolute atomic E-state index is 12.8. The fourth-order valence-corrected chi connectivity index (χ4v) is 1.68. The number of nitrogens with zero attached hydrogens (tertiary/aromatic N) is 2. The molecule has 0 radical (unpaired) electrons. The molecule has 2 aromatic rings. The molecule has 0 aliphatic rings. The van der Waals surface area contributed by atoms with Crippen LogP contribution in [0.2, 0.25) is 0 Å². The van der Waals surface area contributed by atoms with Gasteiger partial charge in [-0.15, -0.1) is 0 Å². The highest BCUT2D eigenvalue weighted by Gasteiger charge is 2.21. The zero-order valence-electron chi connectivity index (χ0n) is 9.45. The van der Waals surface area contributed by atoms with Gasteiger partial charge in [-0.25, -0.2) is 14.4 Å². The lowest BCUT2D eigenvalue weighted by Crippen LogP contribution is -2.15. The van der Waals surface area contributed by atoms with Crippen LogP contribution in [-0.2, 0) is 11.2 Å². The Bertz CT molecular complexity index is 528. The molecule has 0 amide bonds. The smallest absolute Gasteiger partial charge is 0.312 e. The fraction of sp³-hybridized carbons (Fsp3) is 0.154. The molecular formula is C13H11FN2O2. The molecule has 0 fully saturated rings. The van der Waals surface area contributed by atoms with Gasteiger partial charge in [0.1, 0.15) is 18.1 Å². The number of benzene rings is 1. The molecule has 1 unspecified atom stereocenters. The van der Waals surface area contributed by atoms with Gasteiger partial charge in [-0.05, 0) is 30.2 Å². The highest BCUT2D eigenvalue weighted by molar-refractivity contribution is 5.75. The molecule has 92 valence electrons. The van der Waals surface area contributed by atoms with Crippen LogP contribution in [0.25, 0.3) is 0 Å². The number of carbonyl (C=O) groups is 1. The van der Waals surface area contributed by atoms with Crippen LogP contribution in [-0.4, -0.2) is 21.0 Å². The van der Waals surface area contributed by atoms with Crippen molar-refractivity contribution in [2.75, 3.05) is 0 Å². The van der Waals surface area contributed by atoms with Crippen LogP contribution in [0.1, 0.15) is 17.2 Å². The van der Waals surface area contributed by atoms with Crippen LogP contribution in [0.15, 0.2) is 42.9 Å². The van der Waals surface area contributed by atoms with Crippen molar-refractivity contribution < 1.29 is 14.3 Å². The van der Waals surface area contributed by atoms with E-state index in [-0.39, 0.29) is 12.2 Å². The number of carboxylic acid groups (broad SMARTS) is 1. The molecule has 0 bridgehead atoms. The summed E-state index contributed by atoms with van der Waals surface area (Å²) in [6.07, 6.45) is 3.09. The van der Waals surface area contributed by atoms with Gasteiger partial charge in [0.2, 0.25) is 0 Å². The molecule has 0 saturated heterocycles. The third-order valence-electron chi connectivity index (χ3n) is 2.61. The second-order valence-electron chi connectivity index (χ2n) is 3.86. The first-order chi connectivity index (χ1) is 8.66. The van der Waals surface area contributed by atoms with Crippen molar-refractivity contribution >= 4 is 5.97 Å². The molecule has 1 aromatic heterocycles. The lowest BCUT2D eigenvalue weighted by atomic mass is 9.96. The number of hydrogen-bond acceptors (Lipinski definition) is 3. The predicted molar refractivity (Wildman–Crippen MR) is 62.5 cm³/mol. The van der Waals surface area contributed by atoms with Crippen molar-refractivity contribution in [1.29, 1.82) is 0 Å². The molecule has 0 aliphatic heterocycles. The number of aliphatic carboxylic acids is 1. The first kappa shape index (κ1) is 12.2. The maximum Gasteiger partial charge on any atom is 0.312 e. The average molecular weight is 246 g/mol. The van der Waals surface area contributed by atoms with E-state index in [0.717, 1.165) is 5.56 Å². The van der Waals surface area contributed by atoms with E-state index in [1.807, 2.05) is 0 Å². The zero-order valence-corrected chi connectivity index (χ0v) is 9.45. The summed E-state index contributed by atoms with van der Waals surface area (Å²) in [7, 11) is 0. The largest absolute Gasteiger partial charge is 0.481 e. The topological polar surface area (TPSA) is 63.1 Å². The molecule has 0 aliphatic carbocycles. The van der Waals surface area contributed by atoms with Crippen molar-refractivity contribution in [3.8, 4) is 0 Å². The van der Waals surface area contributed by atoms with Crippen molar-refractivity contribution in [1.82, 2.24) is 9.97 Å². The normalized spacial score (nSPS) is 12.1. The lowest BCUT2D eigenvalue weighted by Gasteiger charge is -2.11. The Morgan fingerprint density at radius 1 is 1.28 bits per heavy atom. The standard InChI is InChI=1S/C13H11FN2O2/c14-10-3-1-9(2-4-10)7-11(13(17)18)12-5-6-15-8-16-12/h1-6,8,11H,7H2,(H,17,18). The number of halogens is 1. The molecule has 4 nitrogen and oxygen atoms in total. The van der Waals surface area contributed by atoms with Gasteiger partial charge in [0.25, 0.3) is 0 Å². The predicted octanol–water partition coefficient (Wildman–Crippen LogP) is 2.03. The van der Waals surface area contributed by atoms with E-state index in [9.17, 15) is 14.3 Å². The third kappa shape index (κ3) is 2.88. The molecule has 5 heteroatoms.